The maximum absolute atomic E-state index is 13.1. The second-order valence-electron chi connectivity index (χ2n) is 3.14. The van der Waals surface area contributed by atoms with Crippen molar-refractivity contribution >= 4 is 5.95 Å². The first-order valence-electron chi connectivity index (χ1n) is 3.89. The summed E-state index contributed by atoms with van der Waals surface area (Å²) in [6.45, 7) is 3.23. The molecule has 14 heavy (non-hydrogen) atoms. The molecule has 0 aromatic carbocycles. The summed E-state index contributed by atoms with van der Waals surface area (Å²) in [6, 6.07) is 0. The molecule has 2 N–H and O–H groups in total. The number of rotatable bonds is 2. The van der Waals surface area contributed by atoms with Crippen molar-refractivity contribution in [2.45, 2.75) is 19.4 Å². The maximum atomic E-state index is 13.1. The highest BCUT2D eigenvalue weighted by Gasteiger charge is 2.19. The quantitative estimate of drug-likeness (QED) is 0.715. The monoisotopic (exact) mass is 195 g/mol. The third-order valence-corrected chi connectivity index (χ3v) is 1.43. The Hall–Kier alpha value is -1.83. The Morgan fingerprint density at radius 3 is 2.86 bits per heavy atom. The van der Waals surface area contributed by atoms with Gasteiger partial charge >= 0.3 is 0 Å². The Kier molecular flexibility index (Phi) is 2.56. The summed E-state index contributed by atoms with van der Waals surface area (Å²) in [5.74, 6) is 1.36. The smallest absolute Gasteiger partial charge is 0.256 e. The molecule has 0 aliphatic heterocycles. The molecule has 74 valence electrons. The molecule has 1 heterocycles. The molecule has 0 bridgehead atoms. The number of nitrogens with two attached hydrogens (primary N) is 1. The van der Waals surface area contributed by atoms with Gasteiger partial charge in [0.1, 0.15) is 0 Å². The van der Waals surface area contributed by atoms with Gasteiger partial charge in [0, 0.05) is 0 Å². The first-order valence-corrected chi connectivity index (χ1v) is 3.89. The van der Waals surface area contributed by atoms with Gasteiger partial charge in [0.15, 0.2) is 5.60 Å². The summed E-state index contributed by atoms with van der Waals surface area (Å²) in [6.07, 6.45) is 6.10. The second kappa shape index (κ2) is 3.50. The lowest BCUT2D eigenvalue weighted by Crippen LogP contribution is -2.26. The first-order chi connectivity index (χ1) is 6.44. The molecule has 0 radical (unpaired) electrons. The SMILES string of the molecule is C#CC(C)(C)Oc1nc(N)ncc1F. The molecular formula is C9H10FN3O. The van der Waals surface area contributed by atoms with Crippen LogP contribution in [0, 0.1) is 18.2 Å². The van der Waals surface area contributed by atoms with E-state index < -0.39 is 11.4 Å². The zero-order chi connectivity index (χ0) is 10.8. The molecule has 0 spiro atoms. The minimum absolute atomic E-state index is 0.0609. The van der Waals surface area contributed by atoms with Gasteiger partial charge in [0.2, 0.25) is 11.8 Å². The van der Waals surface area contributed by atoms with Crippen molar-refractivity contribution in [1.29, 1.82) is 0 Å². The van der Waals surface area contributed by atoms with E-state index in [-0.39, 0.29) is 11.8 Å². The Morgan fingerprint density at radius 1 is 1.64 bits per heavy atom. The third-order valence-electron chi connectivity index (χ3n) is 1.43. The van der Waals surface area contributed by atoms with Gasteiger partial charge in [-0.25, -0.2) is 4.98 Å². The highest BCUT2D eigenvalue weighted by molar-refractivity contribution is 5.24. The Balaban J connectivity index is 2.98. The molecular weight excluding hydrogens is 185 g/mol. The first kappa shape index (κ1) is 10.3. The normalized spacial score (nSPS) is 10.7. The lowest BCUT2D eigenvalue weighted by Gasteiger charge is -2.19. The van der Waals surface area contributed by atoms with Crippen molar-refractivity contribution in [2.24, 2.45) is 0 Å². The van der Waals surface area contributed by atoms with Crippen LogP contribution in [-0.4, -0.2) is 15.6 Å². The molecule has 0 unspecified atom stereocenters. The van der Waals surface area contributed by atoms with E-state index in [0.717, 1.165) is 6.20 Å². The predicted octanol–water partition coefficient (Wildman–Crippen LogP) is 0.988. The summed E-state index contributed by atoms with van der Waals surface area (Å²) in [7, 11) is 0. The Bertz CT molecular complexity index is 384. The maximum Gasteiger partial charge on any atom is 0.256 e. The van der Waals surface area contributed by atoms with Crippen molar-refractivity contribution in [2.75, 3.05) is 5.73 Å². The molecule has 0 aliphatic rings. The fourth-order valence-corrected chi connectivity index (χ4v) is 0.707. The summed E-state index contributed by atoms with van der Waals surface area (Å²) < 4.78 is 18.2. The van der Waals surface area contributed by atoms with Gasteiger partial charge in [-0.05, 0) is 13.8 Å². The van der Waals surface area contributed by atoms with E-state index in [4.69, 9.17) is 16.9 Å². The number of anilines is 1. The van der Waals surface area contributed by atoms with E-state index in [1.807, 2.05) is 0 Å². The summed E-state index contributed by atoms with van der Waals surface area (Å²) >= 11 is 0. The van der Waals surface area contributed by atoms with Crippen LogP contribution in [0.5, 0.6) is 5.88 Å². The topological polar surface area (TPSA) is 61.0 Å². The molecule has 0 saturated carbocycles. The minimum atomic E-state index is -0.929. The lowest BCUT2D eigenvalue weighted by atomic mass is 10.1. The molecule has 1 rings (SSSR count). The average molecular weight is 195 g/mol. The van der Waals surface area contributed by atoms with E-state index in [2.05, 4.69) is 15.9 Å². The lowest BCUT2D eigenvalue weighted by molar-refractivity contribution is 0.156. The molecule has 4 nitrogen and oxygen atoms in total. The van der Waals surface area contributed by atoms with Gasteiger partial charge in [-0.2, -0.15) is 9.37 Å². The van der Waals surface area contributed by atoms with Crippen molar-refractivity contribution in [1.82, 2.24) is 9.97 Å². The van der Waals surface area contributed by atoms with Crippen LogP contribution in [0.2, 0.25) is 0 Å². The van der Waals surface area contributed by atoms with Crippen LogP contribution in [0.4, 0.5) is 10.3 Å². The third kappa shape index (κ3) is 2.33. The zero-order valence-electron chi connectivity index (χ0n) is 7.91. The molecule has 0 amide bonds. The predicted molar refractivity (Wildman–Crippen MR) is 49.9 cm³/mol. The fourth-order valence-electron chi connectivity index (χ4n) is 0.707. The number of aromatic nitrogens is 2. The molecule has 1 aromatic heterocycles. The molecule has 0 fully saturated rings. The minimum Gasteiger partial charge on any atom is -0.456 e. The second-order valence-corrected chi connectivity index (χ2v) is 3.14. The van der Waals surface area contributed by atoms with Crippen molar-refractivity contribution in [3.63, 3.8) is 0 Å². The van der Waals surface area contributed by atoms with Gasteiger partial charge in [0.25, 0.3) is 5.88 Å². The van der Waals surface area contributed by atoms with E-state index in [9.17, 15) is 4.39 Å². The van der Waals surface area contributed by atoms with Gasteiger partial charge in [-0.3, -0.25) is 0 Å². The molecule has 0 aliphatic carbocycles. The summed E-state index contributed by atoms with van der Waals surface area (Å²) in [5.41, 5.74) is 4.34. The van der Waals surface area contributed by atoms with E-state index in [1.54, 1.807) is 13.8 Å². The number of ether oxygens (including phenoxy) is 1. The highest BCUT2D eigenvalue weighted by Crippen LogP contribution is 2.18. The fraction of sp³-hybridized carbons (Fsp3) is 0.333. The van der Waals surface area contributed by atoms with Gasteiger partial charge in [0.05, 0.1) is 6.20 Å². The summed E-state index contributed by atoms with van der Waals surface area (Å²) in [5, 5.41) is 0. The number of nitrogens with zero attached hydrogens (tertiary/aromatic N) is 2. The number of terminal acetylenes is 1. The van der Waals surface area contributed by atoms with Crippen LogP contribution >= 0.6 is 0 Å². The Labute approximate surface area is 81.3 Å². The molecule has 0 saturated heterocycles. The van der Waals surface area contributed by atoms with Gasteiger partial charge < -0.3 is 10.5 Å². The van der Waals surface area contributed by atoms with Crippen LogP contribution in [0.25, 0.3) is 0 Å². The molecule has 0 atom stereocenters. The van der Waals surface area contributed by atoms with E-state index >= 15 is 0 Å². The van der Waals surface area contributed by atoms with Crippen molar-refractivity contribution in [3.8, 4) is 18.2 Å². The zero-order valence-corrected chi connectivity index (χ0v) is 7.91. The van der Waals surface area contributed by atoms with Gasteiger partial charge in [-0.15, -0.1) is 6.42 Å². The van der Waals surface area contributed by atoms with E-state index in [1.165, 1.54) is 0 Å². The summed E-state index contributed by atoms with van der Waals surface area (Å²) in [4.78, 5) is 7.03. The van der Waals surface area contributed by atoms with Crippen LogP contribution in [0.1, 0.15) is 13.8 Å². The highest BCUT2D eigenvalue weighted by atomic mass is 19.1. The van der Waals surface area contributed by atoms with Crippen LogP contribution < -0.4 is 10.5 Å². The van der Waals surface area contributed by atoms with Crippen molar-refractivity contribution in [3.05, 3.63) is 12.0 Å². The standard InChI is InChI=1S/C9H10FN3O/c1-4-9(2,3)14-7-6(10)5-12-8(11)13-7/h1,5H,2-3H3,(H2,11,12,13). The number of nitrogen functional groups attached to an aromatic ring is 1. The Morgan fingerprint density at radius 2 is 2.29 bits per heavy atom. The van der Waals surface area contributed by atoms with Crippen molar-refractivity contribution < 1.29 is 9.13 Å². The van der Waals surface area contributed by atoms with Gasteiger partial charge in [-0.1, -0.05) is 5.92 Å². The van der Waals surface area contributed by atoms with Crippen LogP contribution in [-0.2, 0) is 0 Å². The number of halogens is 1. The number of hydrogen-bond donors (Lipinski definition) is 1. The van der Waals surface area contributed by atoms with Crippen LogP contribution in [0.3, 0.4) is 0 Å². The average Bonchev–Trinajstić information content (AvgIpc) is 2.11. The number of hydrogen-bond acceptors (Lipinski definition) is 4. The molecule has 5 heteroatoms. The largest absolute Gasteiger partial charge is 0.456 e. The van der Waals surface area contributed by atoms with Crippen LogP contribution in [0.15, 0.2) is 6.20 Å². The molecule has 1 aromatic rings. The van der Waals surface area contributed by atoms with E-state index in [0.29, 0.717) is 0 Å².